The third-order valence-electron chi connectivity index (χ3n) is 4.54. The van der Waals surface area contributed by atoms with E-state index in [1.807, 2.05) is 0 Å². The van der Waals surface area contributed by atoms with E-state index in [1.165, 1.54) is 5.56 Å². The molecule has 0 heterocycles. The summed E-state index contributed by atoms with van der Waals surface area (Å²) in [5.41, 5.74) is 1.86. The van der Waals surface area contributed by atoms with E-state index in [1.54, 1.807) is 0 Å². The second kappa shape index (κ2) is 4.81. The molecule has 1 N–H and O–H groups in total. The molecule has 2 rings (SSSR count). The summed E-state index contributed by atoms with van der Waals surface area (Å²) in [6.45, 7) is 6.72. The highest BCUT2D eigenvalue weighted by Gasteiger charge is 2.37. The van der Waals surface area contributed by atoms with Gasteiger partial charge in [-0.25, -0.2) is 0 Å². The summed E-state index contributed by atoms with van der Waals surface area (Å²) in [6.07, 6.45) is 4.00. The fourth-order valence-electron chi connectivity index (χ4n) is 2.90. The van der Waals surface area contributed by atoms with Gasteiger partial charge in [-0.15, -0.1) is 0 Å². The minimum Gasteiger partial charge on any atom is -0.385 e. The van der Waals surface area contributed by atoms with Crippen LogP contribution in [-0.2, 0) is 12.0 Å². The smallest absolute Gasteiger partial charge is 0.0899 e. The van der Waals surface area contributed by atoms with Crippen LogP contribution in [0.3, 0.4) is 0 Å². The van der Waals surface area contributed by atoms with Gasteiger partial charge in [-0.1, -0.05) is 45.0 Å². The Hall–Kier alpha value is -0.820. The molecular weight excluding hydrogens is 208 g/mol. The van der Waals surface area contributed by atoms with E-state index in [2.05, 4.69) is 45.0 Å². The van der Waals surface area contributed by atoms with Crippen molar-refractivity contribution in [1.82, 2.24) is 0 Å². The number of benzene rings is 1. The molecule has 0 bridgehead atoms. The van der Waals surface area contributed by atoms with Gasteiger partial charge in [0.15, 0.2) is 0 Å². The van der Waals surface area contributed by atoms with Gasteiger partial charge in [0.2, 0.25) is 0 Å². The molecule has 1 aromatic rings. The predicted molar refractivity (Wildman–Crippen MR) is 71.9 cm³/mol. The van der Waals surface area contributed by atoms with Crippen LogP contribution < -0.4 is 0 Å². The van der Waals surface area contributed by atoms with Crippen molar-refractivity contribution in [3.8, 4) is 0 Å². The molecule has 3 unspecified atom stereocenters. The Balaban J connectivity index is 2.19. The van der Waals surface area contributed by atoms with Crippen LogP contribution in [0.15, 0.2) is 24.3 Å². The van der Waals surface area contributed by atoms with Crippen molar-refractivity contribution >= 4 is 0 Å². The Morgan fingerprint density at radius 2 is 1.82 bits per heavy atom. The van der Waals surface area contributed by atoms with E-state index in [9.17, 15) is 5.11 Å². The second-order valence-corrected chi connectivity index (χ2v) is 5.78. The van der Waals surface area contributed by atoms with E-state index in [-0.39, 0.29) is 0 Å². The van der Waals surface area contributed by atoms with Gasteiger partial charge in [-0.3, -0.25) is 0 Å². The molecule has 1 aliphatic rings. The highest BCUT2D eigenvalue weighted by molar-refractivity contribution is 5.27. The lowest BCUT2D eigenvalue weighted by molar-refractivity contribution is -0.0336. The van der Waals surface area contributed by atoms with Crippen LogP contribution in [0, 0.1) is 11.8 Å². The maximum atomic E-state index is 10.8. The molecule has 0 spiro atoms. The average Bonchev–Trinajstić information content (AvgIpc) is 2.34. The fourth-order valence-corrected chi connectivity index (χ4v) is 2.90. The Bertz CT molecular complexity index is 368. The van der Waals surface area contributed by atoms with Gasteiger partial charge in [0.25, 0.3) is 0 Å². The zero-order valence-electron chi connectivity index (χ0n) is 11.2. The Kier molecular flexibility index (Phi) is 3.58. The monoisotopic (exact) mass is 232 g/mol. The van der Waals surface area contributed by atoms with Gasteiger partial charge >= 0.3 is 0 Å². The van der Waals surface area contributed by atoms with Crippen LogP contribution in [0.1, 0.15) is 51.2 Å². The first-order chi connectivity index (χ1) is 8.05. The predicted octanol–water partition coefficient (Wildman–Crippen LogP) is 3.89. The van der Waals surface area contributed by atoms with Crippen molar-refractivity contribution in [2.24, 2.45) is 11.8 Å². The van der Waals surface area contributed by atoms with Crippen LogP contribution in [-0.4, -0.2) is 5.11 Å². The highest BCUT2D eigenvalue weighted by Crippen LogP contribution is 2.42. The number of aliphatic hydroxyl groups is 1. The molecular formula is C16H24O. The molecule has 1 aromatic carbocycles. The minimum absolute atomic E-state index is 0.585. The lowest BCUT2D eigenvalue weighted by atomic mass is 9.70. The molecule has 1 saturated carbocycles. The van der Waals surface area contributed by atoms with Crippen molar-refractivity contribution in [1.29, 1.82) is 0 Å². The SMILES string of the molecule is CCc1ccc(C2(O)CCC(C)C(C)C2)cc1. The first kappa shape index (κ1) is 12.6. The molecule has 0 saturated heterocycles. The lowest BCUT2D eigenvalue weighted by Gasteiger charge is -2.39. The third kappa shape index (κ3) is 2.55. The van der Waals surface area contributed by atoms with Crippen molar-refractivity contribution in [3.63, 3.8) is 0 Å². The molecule has 0 aliphatic heterocycles. The van der Waals surface area contributed by atoms with Gasteiger partial charge < -0.3 is 5.11 Å². The number of rotatable bonds is 2. The zero-order valence-corrected chi connectivity index (χ0v) is 11.2. The van der Waals surface area contributed by atoms with Crippen molar-refractivity contribution in [2.45, 2.75) is 52.1 Å². The number of aryl methyl sites for hydroxylation is 1. The summed E-state index contributed by atoms with van der Waals surface area (Å²) in [5, 5.41) is 10.8. The van der Waals surface area contributed by atoms with Crippen molar-refractivity contribution in [2.75, 3.05) is 0 Å². The summed E-state index contributed by atoms with van der Waals surface area (Å²) >= 11 is 0. The minimum atomic E-state index is -0.585. The summed E-state index contributed by atoms with van der Waals surface area (Å²) in [6, 6.07) is 8.52. The van der Waals surface area contributed by atoms with Crippen LogP contribution in [0.25, 0.3) is 0 Å². The van der Waals surface area contributed by atoms with Crippen LogP contribution in [0.4, 0.5) is 0 Å². The van der Waals surface area contributed by atoms with E-state index < -0.39 is 5.60 Å². The number of hydrogen-bond donors (Lipinski definition) is 1. The standard InChI is InChI=1S/C16H24O/c1-4-14-5-7-15(8-6-14)16(17)10-9-12(2)13(3)11-16/h5-8,12-13,17H,4,9-11H2,1-3H3. The Labute approximate surface area is 105 Å². The van der Waals surface area contributed by atoms with E-state index in [0.29, 0.717) is 5.92 Å². The summed E-state index contributed by atoms with van der Waals surface area (Å²) in [7, 11) is 0. The molecule has 0 radical (unpaired) electrons. The highest BCUT2D eigenvalue weighted by atomic mass is 16.3. The van der Waals surface area contributed by atoms with Gasteiger partial charge in [-0.05, 0) is 48.6 Å². The van der Waals surface area contributed by atoms with Crippen LogP contribution in [0.5, 0.6) is 0 Å². The second-order valence-electron chi connectivity index (χ2n) is 5.78. The summed E-state index contributed by atoms with van der Waals surface area (Å²) < 4.78 is 0. The molecule has 1 nitrogen and oxygen atoms in total. The normalized spacial score (nSPS) is 33.6. The number of hydrogen-bond acceptors (Lipinski definition) is 1. The summed E-state index contributed by atoms with van der Waals surface area (Å²) in [5.74, 6) is 1.35. The zero-order chi connectivity index (χ0) is 12.5. The van der Waals surface area contributed by atoms with Gasteiger partial charge in [0.1, 0.15) is 0 Å². The lowest BCUT2D eigenvalue weighted by Crippen LogP contribution is -2.35. The van der Waals surface area contributed by atoms with Gasteiger partial charge in [0, 0.05) is 0 Å². The maximum absolute atomic E-state index is 10.8. The molecule has 1 heteroatoms. The van der Waals surface area contributed by atoms with Gasteiger partial charge in [-0.2, -0.15) is 0 Å². The Morgan fingerprint density at radius 1 is 1.18 bits per heavy atom. The Morgan fingerprint density at radius 3 is 2.35 bits per heavy atom. The van der Waals surface area contributed by atoms with E-state index >= 15 is 0 Å². The van der Waals surface area contributed by atoms with Crippen molar-refractivity contribution in [3.05, 3.63) is 35.4 Å². The molecule has 1 fully saturated rings. The molecule has 94 valence electrons. The van der Waals surface area contributed by atoms with E-state index in [0.717, 1.165) is 37.2 Å². The van der Waals surface area contributed by atoms with Crippen LogP contribution in [0.2, 0.25) is 0 Å². The average molecular weight is 232 g/mol. The van der Waals surface area contributed by atoms with Crippen molar-refractivity contribution < 1.29 is 5.11 Å². The van der Waals surface area contributed by atoms with Gasteiger partial charge in [0.05, 0.1) is 5.60 Å². The third-order valence-corrected chi connectivity index (χ3v) is 4.54. The molecule has 3 atom stereocenters. The quantitative estimate of drug-likeness (QED) is 0.820. The largest absolute Gasteiger partial charge is 0.385 e. The fraction of sp³-hybridized carbons (Fsp3) is 0.625. The summed E-state index contributed by atoms with van der Waals surface area (Å²) in [4.78, 5) is 0. The maximum Gasteiger partial charge on any atom is 0.0899 e. The molecule has 17 heavy (non-hydrogen) atoms. The molecule has 0 amide bonds. The first-order valence-electron chi connectivity index (χ1n) is 6.87. The molecule has 1 aliphatic carbocycles. The first-order valence-corrected chi connectivity index (χ1v) is 6.87. The van der Waals surface area contributed by atoms with Crippen LogP contribution >= 0.6 is 0 Å². The van der Waals surface area contributed by atoms with E-state index in [4.69, 9.17) is 0 Å². The topological polar surface area (TPSA) is 20.2 Å². The molecule has 0 aromatic heterocycles.